The van der Waals surface area contributed by atoms with Gasteiger partial charge in [0.15, 0.2) is 11.5 Å². The van der Waals surface area contributed by atoms with Crippen LogP contribution in [0.5, 0.6) is 11.5 Å². The molecule has 0 aliphatic heterocycles. The summed E-state index contributed by atoms with van der Waals surface area (Å²) >= 11 is 0. The van der Waals surface area contributed by atoms with Crippen LogP contribution in [0, 0.1) is 10.1 Å². The van der Waals surface area contributed by atoms with Crippen molar-refractivity contribution in [2.75, 3.05) is 20.8 Å². The quantitative estimate of drug-likeness (QED) is 0.546. The molecule has 2 rings (SSSR count). The van der Waals surface area contributed by atoms with E-state index >= 15 is 0 Å². The highest BCUT2D eigenvalue weighted by molar-refractivity contribution is 5.54. The number of nitrogens with zero attached hydrogens (tertiary/aromatic N) is 2. The lowest BCUT2D eigenvalue weighted by Crippen LogP contribution is -2.22. The molecule has 0 N–H and O–H groups in total. The lowest BCUT2D eigenvalue weighted by atomic mass is 10.1. The molecule has 0 fully saturated rings. The summed E-state index contributed by atoms with van der Waals surface area (Å²) in [6.07, 6.45) is 0. The van der Waals surface area contributed by atoms with E-state index in [1.807, 2.05) is 37.3 Å². The van der Waals surface area contributed by atoms with E-state index in [1.165, 1.54) is 25.8 Å². The van der Waals surface area contributed by atoms with Crippen LogP contribution in [0.25, 0.3) is 0 Å². The van der Waals surface area contributed by atoms with Crippen molar-refractivity contribution in [3.8, 4) is 11.5 Å². The first kappa shape index (κ1) is 17.7. The first-order valence-corrected chi connectivity index (χ1v) is 7.74. The summed E-state index contributed by atoms with van der Waals surface area (Å²) in [7, 11) is 2.99. The molecule has 2 aromatic carbocycles. The fourth-order valence-corrected chi connectivity index (χ4v) is 2.57. The predicted molar refractivity (Wildman–Crippen MR) is 92.4 cm³/mol. The maximum Gasteiger partial charge on any atom is 0.277 e. The second kappa shape index (κ2) is 8.31. The Kier molecular flexibility index (Phi) is 6.14. The summed E-state index contributed by atoms with van der Waals surface area (Å²) in [5.74, 6) is 0.855. The van der Waals surface area contributed by atoms with Gasteiger partial charge in [-0.1, -0.05) is 37.3 Å². The average Bonchev–Trinajstić information content (AvgIpc) is 2.61. The Hall–Kier alpha value is -2.60. The molecule has 0 heterocycles. The van der Waals surface area contributed by atoms with Gasteiger partial charge in [-0.05, 0) is 18.2 Å². The fraction of sp³-hybridized carbons (Fsp3) is 0.333. The third-order valence-corrected chi connectivity index (χ3v) is 3.87. The van der Waals surface area contributed by atoms with E-state index in [0.29, 0.717) is 23.6 Å². The lowest BCUT2D eigenvalue weighted by molar-refractivity contribution is -0.385. The third-order valence-electron chi connectivity index (χ3n) is 3.87. The molecule has 0 aliphatic rings. The van der Waals surface area contributed by atoms with E-state index in [4.69, 9.17) is 9.47 Å². The largest absolute Gasteiger partial charge is 0.493 e. The Morgan fingerprint density at radius 2 is 1.67 bits per heavy atom. The zero-order valence-electron chi connectivity index (χ0n) is 14.2. The highest BCUT2D eigenvalue weighted by Crippen LogP contribution is 2.35. The van der Waals surface area contributed by atoms with E-state index in [-0.39, 0.29) is 10.6 Å². The smallest absolute Gasteiger partial charge is 0.277 e. The summed E-state index contributed by atoms with van der Waals surface area (Å²) in [6.45, 7) is 4.00. The van der Waals surface area contributed by atoms with Crippen LogP contribution < -0.4 is 9.47 Å². The van der Waals surface area contributed by atoms with Gasteiger partial charge in [-0.2, -0.15) is 0 Å². The topological polar surface area (TPSA) is 64.8 Å². The number of benzene rings is 2. The van der Waals surface area contributed by atoms with Crippen LogP contribution in [0.3, 0.4) is 0 Å². The number of nitro benzene ring substituents is 1. The van der Waals surface area contributed by atoms with Crippen molar-refractivity contribution < 1.29 is 14.4 Å². The zero-order chi connectivity index (χ0) is 17.5. The molecule has 0 amide bonds. The average molecular weight is 330 g/mol. The maximum absolute atomic E-state index is 11.4. The molecule has 0 aliphatic carbocycles. The molecule has 2 aromatic rings. The number of rotatable bonds is 8. The molecule has 0 radical (unpaired) electrons. The van der Waals surface area contributed by atoms with Crippen LogP contribution in [-0.2, 0) is 13.1 Å². The van der Waals surface area contributed by atoms with Crippen LogP contribution in [0.15, 0.2) is 42.5 Å². The molecule has 0 aromatic heterocycles. The van der Waals surface area contributed by atoms with Gasteiger partial charge in [-0.15, -0.1) is 0 Å². The Labute approximate surface area is 141 Å². The summed E-state index contributed by atoms with van der Waals surface area (Å²) < 4.78 is 10.4. The van der Waals surface area contributed by atoms with E-state index in [2.05, 4.69) is 4.90 Å². The minimum Gasteiger partial charge on any atom is -0.493 e. The summed E-state index contributed by atoms with van der Waals surface area (Å²) in [5.41, 5.74) is 1.82. The molecular formula is C18H22N2O4. The SMILES string of the molecule is CCN(Cc1ccccc1)Cc1cc(OC)c(OC)cc1[N+](=O)[O-]. The lowest BCUT2D eigenvalue weighted by Gasteiger charge is -2.21. The van der Waals surface area contributed by atoms with Crippen LogP contribution >= 0.6 is 0 Å². The van der Waals surface area contributed by atoms with Crippen molar-refractivity contribution >= 4 is 5.69 Å². The highest BCUT2D eigenvalue weighted by Gasteiger charge is 2.21. The number of nitro groups is 1. The third kappa shape index (κ3) is 4.23. The Balaban J connectivity index is 2.30. The van der Waals surface area contributed by atoms with Crippen molar-refractivity contribution in [3.63, 3.8) is 0 Å². The van der Waals surface area contributed by atoms with Gasteiger partial charge >= 0.3 is 0 Å². The van der Waals surface area contributed by atoms with E-state index in [0.717, 1.165) is 13.1 Å². The van der Waals surface area contributed by atoms with E-state index < -0.39 is 0 Å². The van der Waals surface area contributed by atoms with E-state index in [9.17, 15) is 10.1 Å². The molecule has 24 heavy (non-hydrogen) atoms. The van der Waals surface area contributed by atoms with Gasteiger partial charge < -0.3 is 9.47 Å². The molecule has 128 valence electrons. The predicted octanol–water partition coefficient (Wildman–Crippen LogP) is 3.63. The van der Waals surface area contributed by atoms with Crippen molar-refractivity contribution in [2.24, 2.45) is 0 Å². The summed E-state index contributed by atoms with van der Waals surface area (Å²) in [4.78, 5) is 13.2. The summed E-state index contributed by atoms with van der Waals surface area (Å²) in [6, 6.07) is 13.1. The molecule has 0 saturated carbocycles. The van der Waals surface area contributed by atoms with Crippen LogP contribution in [-0.4, -0.2) is 30.6 Å². The van der Waals surface area contributed by atoms with Crippen molar-refractivity contribution in [1.82, 2.24) is 4.90 Å². The molecule has 0 atom stereocenters. The van der Waals surface area contributed by atoms with Crippen molar-refractivity contribution in [3.05, 3.63) is 63.7 Å². The summed E-state index contributed by atoms with van der Waals surface area (Å²) in [5, 5.41) is 11.4. The van der Waals surface area contributed by atoms with Gasteiger partial charge in [0.2, 0.25) is 0 Å². The number of hydrogen-bond acceptors (Lipinski definition) is 5. The first-order valence-electron chi connectivity index (χ1n) is 7.74. The highest BCUT2D eigenvalue weighted by atomic mass is 16.6. The monoisotopic (exact) mass is 330 g/mol. The number of ether oxygens (including phenoxy) is 2. The Bertz CT molecular complexity index is 689. The molecule has 0 spiro atoms. The maximum atomic E-state index is 11.4. The zero-order valence-corrected chi connectivity index (χ0v) is 14.2. The van der Waals surface area contributed by atoms with Crippen molar-refractivity contribution in [1.29, 1.82) is 0 Å². The van der Waals surface area contributed by atoms with Crippen LogP contribution in [0.4, 0.5) is 5.69 Å². The normalized spacial score (nSPS) is 10.7. The number of methoxy groups -OCH3 is 2. The standard InChI is InChI=1S/C18H22N2O4/c1-4-19(12-14-8-6-5-7-9-14)13-15-10-17(23-2)18(24-3)11-16(15)20(21)22/h5-11H,4,12-13H2,1-3H3. The van der Waals surface area contributed by atoms with Gasteiger partial charge in [-0.25, -0.2) is 0 Å². The second-order valence-corrected chi connectivity index (χ2v) is 5.38. The molecule has 6 heteroatoms. The van der Waals surface area contributed by atoms with Gasteiger partial charge in [0.1, 0.15) is 0 Å². The van der Waals surface area contributed by atoms with E-state index in [1.54, 1.807) is 6.07 Å². The number of hydrogen-bond donors (Lipinski definition) is 0. The van der Waals surface area contributed by atoms with Crippen molar-refractivity contribution in [2.45, 2.75) is 20.0 Å². The molecule has 0 bridgehead atoms. The van der Waals surface area contributed by atoms with Gasteiger partial charge in [-0.3, -0.25) is 15.0 Å². The molecule has 0 unspecified atom stereocenters. The molecular weight excluding hydrogens is 308 g/mol. The van der Waals surface area contributed by atoms with Gasteiger partial charge in [0.25, 0.3) is 5.69 Å². The van der Waals surface area contributed by atoms with Gasteiger partial charge in [0.05, 0.1) is 25.2 Å². The minimum absolute atomic E-state index is 0.0409. The van der Waals surface area contributed by atoms with Gasteiger partial charge in [0, 0.05) is 18.7 Å². The fourth-order valence-electron chi connectivity index (χ4n) is 2.57. The molecule has 6 nitrogen and oxygen atoms in total. The van der Waals surface area contributed by atoms with Crippen LogP contribution in [0.2, 0.25) is 0 Å². The molecule has 0 saturated heterocycles. The Morgan fingerprint density at radius 1 is 1.04 bits per heavy atom. The minimum atomic E-state index is -0.381. The second-order valence-electron chi connectivity index (χ2n) is 5.38. The first-order chi connectivity index (χ1) is 11.6. The Morgan fingerprint density at radius 3 is 2.21 bits per heavy atom. The van der Waals surface area contributed by atoms with Crippen LogP contribution in [0.1, 0.15) is 18.1 Å².